The van der Waals surface area contributed by atoms with Crippen molar-refractivity contribution in [3.8, 4) is 0 Å². The highest BCUT2D eigenvalue weighted by Gasteiger charge is 2.49. The highest BCUT2D eigenvalue weighted by molar-refractivity contribution is 6.30. The van der Waals surface area contributed by atoms with Crippen molar-refractivity contribution in [3.05, 3.63) is 64.7 Å². The van der Waals surface area contributed by atoms with Crippen LogP contribution in [0.5, 0.6) is 0 Å². The summed E-state index contributed by atoms with van der Waals surface area (Å²) in [5.41, 5.74) is 1.60. The fourth-order valence-corrected chi connectivity index (χ4v) is 4.23. The Labute approximate surface area is 186 Å². The van der Waals surface area contributed by atoms with E-state index in [4.69, 9.17) is 11.6 Å². The summed E-state index contributed by atoms with van der Waals surface area (Å²) in [7, 11) is 0. The number of aryl methyl sites for hydroxylation is 1. The molecule has 1 N–H and O–H groups in total. The summed E-state index contributed by atoms with van der Waals surface area (Å²) in [5.74, 6) is -0.644. The van der Waals surface area contributed by atoms with Gasteiger partial charge in [0, 0.05) is 36.9 Å². The van der Waals surface area contributed by atoms with E-state index < -0.39 is 17.5 Å². The number of anilines is 1. The van der Waals surface area contributed by atoms with Gasteiger partial charge in [0.15, 0.2) is 0 Å². The third-order valence-corrected chi connectivity index (χ3v) is 6.24. The molecule has 0 spiro atoms. The van der Waals surface area contributed by atoms with Crippen LogP contribution in [0.3, 0.4) is 0 Å². The second-order valence-electron chi connectivity index (χ2n) is 8.16. The van der Waals surface area contributed by atoms with Crippen LogP contribution in [-0.2, 0) is 15.1 Å². The standard InChI is InChI=1S/C23H25ClN4O3/c1-16-6-8-17(9-7-16)23(2)21(30)28(22(31)25-23)15-20(29)27-12-10-26(11-13-27)19-5-3-4-18(24)14-19/h3-9,14H,10-13,15H2,1-2H3,(H,25,31)/t23-/m1/s1. The molecule has 2 aliphatic heterocycles. The van der Waals surface area contributed by atoms with Gasteiger partial charge in [-0.15, -0.1) is 0 Å². The minimum atomic E-state index is -1.17. The summed E-state index contributed by atoms with van der Waals surface area (Å²) in [4.78, 5) is 43.3. The van der Waals surface area contributed by atoms with Crippen molar-refractivity contribution in [2.75, 3.05) is 37.6 Å². The van der Waals surface area contributed by atoms with E-state index >= 15 is 0 Å². The molecule has 2 aliphatic rings. The zero-order valence-electron chi connectivity index (χ0n) is 17.6. The molecule has 2 aromatic carbocycles. The fourth-order valence-electron chi connectivity index (χ4n) is 4.05. The SMILES string of the molecule is Cc1ccc([C@@]2(C)NC(=O)N(CC(=O)N3CCN(c4cccc(Cl)c4)CC3)C2=O)cc1. The first kappa shape index (κ1) is 21.2. The number of nitrogens with zero attached hydrogens (tertiary/aromatic N) is 3. The number of benzene rings is 2. The normalized spacial score (nSPS) is 21.5. The molecule has 162 valence electrons. The molecule has 7 nitrogen and oxygen atoms in total. The van der Waals surface area contributed by atoms with Crippen LogP contribution >= 0.6 is 11.6 Å². The lowest BCUT2D eigenvalue weighted by atomic mass is 9.91. The number of amides is 4. The van der Waals surface area contributed by atoms with Crippen molar-refractivity contribution >= 4 is 35.1 Å². The summed E-state index contributed by atoms with van der Waals surface area (Å²) in [6.07, 6.45) is 0. The number of imide groups is 1. The molecule has 0 unspecified atom stereocenters. The number of halogens is 1. The van der Waals surface area contributed by atoms with Gasteiger partial charge in [0.05, 0.1) is 0 Å². The van der Waals surface area contributed by atoms with Crippen molar-refractivity contribution in [1.82, 2.24) is 15.1 Å². The van der Waals surface area contributed by atoms with Gasteiger partial charge in [-0.3, -0.25) is 14.5 Å². The second kappa shape index (κ2) is 8.23. The number of carbonyl (C=O) groups excluding carboxylic acids is 3. The van der Waals surface area contributed by atoms with Crippen LogP contribution in [0.15, 0.2) is 48.5 Å². The summed E-state index contributed by atoms with van der Waals surface area (Å²) in [6.45, 7) is 5.72. The van der Waals surface area contributed by atoms with Crippen molar-refractivity contribution in [3.63, 3.8) is 0 Å². The highest BCUT2D eigenvalue weighted by atomic mass is 35.5. The minimum Gasteiger partial charge on any atom is -0.368 e. The van der Waals surface area contributed by atoms with Gasteiger partial charge in [-0.05, 0) is 37.6 Å². The van der Waals surface area contributed by atoms with E-state index in [1.165, 1.54) is 0 Å². The van der Waals surface area contributed by atoms with E-state index in [0.29, 0.717) is 36.8 Å². The molecule has 0 saturated carbocycles. The third-order valence-electron chi connectivity index (χ3n) is 6.00. The van der Waals surface area contributed by atoms with Gasteiger partial charge < -0.3 is 15.1 Å². The van der Waals surface area contributed by atoms with Crippen LogP contribution in [0, 0.1) is 6.92 Å². The maximum Gasteiger partial charge on any atom is 0.325 e. The largest absolute Gasteiger partial charge is 0.368 e. The van der Waals surface area contributed by atoms with Gasteiger partial charge in [0.25, 0.3) is 5.91 Å². The molecular weight excluding hydrogens is 416 g/mol. The average molecular weight is 441 g/mol. The molecule has 4 amide bonds. The van der Waals surface area contributed by atoms with Crippen molar-refractivity contribution < 1.29 is 14.4 Å². The van der Waals surface area contributed by atoms with Crippen LogP contribution in [0.1, 0.15) is 18.1 Å². The Morgan fingerprint density at radius 1 is 1.06 bits per heavy atom. The number of hydrogen-bond acceptors (Lipinski definition) is 4. The zero-order valence-corrected chi connectivity index (χ0v) is 18.4. The van der Waals surface area contributed by atoms with Gasteiger partial charge in [0.2, 0.25) is 5.91 Å². The maximum atomic E-state index is 13.1. The molecule has 2 fully saturated rings. The second-order valence-corrected chi connectivity index (χ2v) is 8.60. The first-order chi connectivity index (χ1) is 14.8. The Kier molecular flexibility index (Phi) is 5.62. The predicted molar refractivity (Wildman–Crippen MR) is 119 cm³/mol. The molecule has 0 aliphatic carbocycles. The monoisotopic (exact) mass is 440 g/mol. The molecule has 8 heteroatoms. The van der Waals surface area contributed by atoms with Crippen LogP contribution in [-0.4, -0.2) is 60.4 Å². The van der Waals surface area contributed by atoms with E-state index in [1.807, 2.05) is 55.5 Å². The lowest BCUT2D eigenvalue weighted by molar-refractivity contribution is -0.139. The Bertz CT molecular complexity index is 1020. The van der Waals surface area contributed by atoms with Crippen LogP contribution in [0.25, 0.3) is 0 Å². The van der Waals surface area contributed by atoms with Gasteiger partial charge >= 0.3 is 6.03 Å². The Hall–Kier alpha value is -3.06. The number of nitrogens with one attached hydrogen (secondary N) is 1. The molecule has 0 bridgehead atoms. The zero-order chi connectivity index (χ0) is 22.2. The Morgan fingerprint density at radius 2 is 1.74 bits per heavy atom. The maximum absolute atomic E-state index is 13.1. The summed E-state index contributed by atoms with van der Waals surface area (Å²) >= 11 is 6.07. The van der Waals surface area contributed by atoms with E-state index in [-0.39, 0.29) is 12.5 Å². The van der Waals surface area contributed by atoms with E-state index in [2.05, 4.69) is 10.2 Å². The lowest BCUT2D eigenvalue weighted by Gasteiger charge is -2.36. The topological polar surface area (TPSA) is 73.0 Å². The molecule has 0 radical (unpaired) electrons. The summed E-state index contributed by atoms with van der Waals surface area (Å²) < 4.78 is 0. The molecular formula is C23H25ClN4O3. The van der Waals surface area contributed by atoms with Crippen LogP contribution in [0.4, 0.5) is 10.5 Å². The number of urea groups is 1. The number of hydrogen-bond donors (Lipinski definition) is 1. The van der Waals surface area contributed by atoms with E-state index in [0.717, 1.165) is 16.2 Å². The molecule has 0 aromatic heterocycles. The van der Waals surface area contributed by atoms with Crippen molar-refractivity contribution in [2.24, 2.45) is 0 Å². The third kappa shape index (κ3) is 4.10. The quantitative estimate of drug-likeness (QED) is 0.742. The summed E-state index contributed by atoms with van der Waals surface area (Å²) in [6, 6.07) is 14.5. The Balaban J connectivity index is 1.39. The minimum absolute atomic E-state index is 0.234. The number of carbonyl (C=O) groups is 3. The summed E-state index contributed by atoms with van der Waals surface area (Å²) in [5, 5.41) is 3.43. The van der Waals surface area contributed by atoms with Gasteiger partial charge in [-0.25, -0.2) is 4.79 Å². The van der Waals surface area contributed by atoms with E-state index in [9.17, 15) is 14.4 Å². The highest BCUT2D eigenvalue weighted by Crippen LogP contribution is 2.29. The predicted octanol–water partition coefficient (Wildman–Crippen LogP) is 2.76. The van der Waals surface area contributed by atoms with Gasteiger partial charge in [-0.1, -0.05) is 47.5 Å². The molecule has 1 atom stereocenters. The van der Waals surface area contributed by atoms with Crippen LogP contribution in [0.2, 0.25) is 5.02 Å². The van der Waals surface area contributed by atoms with Crippen molar-refractivity contribution in [2.45, 2.75) is 19.4 Å². The van der Waals surface area contributed by atoms with Crippen molar-refractivity contribution in [1.29, 1.82) is 0 Å². The molecule has 4 rings (SSSR count). The molecule has 2 saturated heterocycles. The smallest absolute Gasteiger partial charge is 0.325 e. The first-order valence-corrected chi connectivity index (χ1v) is 10.7. The number of rotatable bonds is 4. The lowest BCUT2D eigenvalue weighted by Crippen LogP contribution is -2.52. The van der Waals surface area contributed by atoms with E-state index in [1.54, 1.807) is 11.8 Å². The average Bonchev–Trinajstić information content (AvgIpc) is 2.98. The number of piperazine rings is 1. The molecule has 2 heterocycles. The fraction of sp³-hybridized carbons (Fsp3) is 0.348. The van der Waals surface area contributed by atoms with Crippen LogP contribution < -0.4 is 10.2 Å². The first-order valence-electron chi connectivity index (χ1n) is 10.3. The van der Waals surface area contributed by atoms with Gasteiger partial charge in [0.1, 0.15) is 12.1 Å². The van der Waals surface area contributed by atoms with Gasteiger partial charge in [-0.2, -0.15) is 0 Å². The molecule has 2 aromatic rings. The Morgan fingerprint density at radius 3 is 2.39 bits per heavy atom. The molecule has 31 heavy (non-hydrogen) atoms.